The first-order chi connectivity index (χ1) is 25.6. The quantitative estimate of drug-likeness (QED) is 0.105. The number of rotatable bonds is 8. The van der Waals surface area contributed by atoms with Crippen molar-refractivity contribution in [3.63, 3.8) is 0 Å². The van der Waals surface area contributed by atoms with E-state index in [4.69, 9.17) is 4.74 Å². The molecule has 3 saturated heterocycles. The number of anilines is 1. The average Bonchev–Trinajstić information content (AvgIpc) is 3.64. The van der Waals surface area contributed by atoms with Crippen molar-refractivity contribution >= 4 is 35.6 Å². The van der Waals surface area contributed by atoms with Crippen LogP contribution in [0.3, 0.4) is 0 Å². The van der Waals surface area contributed by atoms with Gasteiger partial charge < -0.3 is 19.8 Å². The topological polar surface area (TPSA) is 94.8 Å². The number of hydrogen-bond acceptors (Lipinski definition) is 8. The Kier molecular flexibility index (Phi) is 10.3. The first kappa shape index (κ1) is 38.3. The molecule has 0 bridgehead atoms. The fourth-order valence-corrected chi connectivity index (χ4v) is 14.8. The van der Waals surface area contributed by atoms with Crippen molar-refractivity contribution in [2.45, 2.75) is 108 Å². The number of aromatic nitrogens is 3. The number of nitrogens with zero attached hydrogens (tertiary/aromatic N) is 5. The fraction of sp³-hybridized carbons (Fsp3) is 0.537. The summed E-state index contributed by atoms with van der Waals surface area (Å²) in [6.07, 6.45) is -0.284. The van der Waals surface area contributed by atoms with Gasteiger partial charge in [0, 0.05) is 43.2 Å². The molecule has 0 spiro atoms. The van der Waals surface area contributed by atoms with Crippen LogP contribution in [0.5, 0.6) is 11.8 Å². The highest BCUT2D eigenvalue weighted by Gasteiger charge is 2.49. The summed E-state index contributed by atoms with van der Waals surface area (Å²) >= 11 is 0. The summed E-state index contributed by atoms with van der Waals surface area (Å²) in [5.74, 6) is 1.84. The first-order valence-corrected chi connectivity index (χ1v) is 21.3. The molecule has 3 fully saturated rings. The monoisotopic (exact) mass is 763 g/mol. The highest BCUT2D eigenvalue weighted by molar-refractivity contribution is 6.90. The summed E-state index contributed by atoms with van der Waals surface area (Å²) in [5, 5.41) is 22.3. The van der Waals surface area contributed by atoms with E-state index in [-0.39, 0.29) is 88.0 Å². The molecule has 3 aliphatic heterocycles. The third kappa shape index (κ3) is 6.58. The van der Waals surface area contributed by atoms with Crippen LogP contribution in [0.15, 0.2) is 30.5 Å². The van der Waals surface area contributed by atoms with E-state index in [1.807, 2.05) is 0 Å². The third-order valence-corrected chi connectivity index (χ3v) is 18.5. The molecule has 13 heteroatoms. The van der Waals surface area contributed by atoms with Crippen molar-refractivity contribution in [3.05, 3.63) is 47.7 Å². The zero-order valence-corrected chi connectivity index (χ0v) is 32.8. The van der Waals surface area contributed by atoms with Crippen LogP contribution in [0, 0.1) is 23.1 Å². The number of fused-ring (bicyclic) bond motifs is 3. The van der Waals surface area contributed by atoms with Gasteiger partial charge in [-0.3, -0.25) is 9.88 Å². The van der Waals surface area contributed by atoms with Crippen molar-refractivity contribution < 1.29 is 32.5 Å². The van der Waals surface area contributed by atoms with Crippen LogP contribution >= 0.6 is 0 Å². The Morgan fingerprint density at radius 2 is 1.76 bits per heavy atom. The van der Waals surface area contributed by atoms with Gasteiger partial charge in [-0.25, -0.2) is 17.6 Å². The van der Waals surface area contributed by atoms with E-state index in [0.29, 0.717) is 23.7 Å². The summed E-state index contributed by atoms with van der Waals surface area (Å²) in [7, 11) is -2.31. The number of alkyl halides is 2. The Labute approximate surface area is 315 Å². The smallest absolute Gasteiger partial charge is 0.319 e. The molecule has 3 aliphatic rings. The highest BCUT2D eigenvalue weighted by atomic mass is 28.3. The number of piperidine rings is 1. The second-order valence-electron chi connectivity index (χ2n) is 16.4. The van der Waals surface area contributed by atoms with Crippen LogP contribution in [0.2, 0.25) is 16.6 Å². The van der Waals surface area contributed by atoms with Gasteiger partial charge in [0.05, 0.1) is 16.5 Å². The number of hydrogen-bond donors (Lipinski definition) is 2. The predicted molar refractivity (Wildman–Crippen MR) is 206 cm³/mol. The van der Waals surface area contributed by atoms with Crippen molar-refractivity contribution in [2.24, 2.45) is 0 Å². The average molecular weight is 764 g/mol. The van der Waals surface area contributed by atoms with Crippen LogP contribution in [0.4, 0.5) is 23.4 Å². The molecular formula is C41H49F4N5O3Si. The number of phenols is 1. The van der Waals surface area contributed by atoms with Gasteiger partial charge in [0.15, 0.2) is 5.82 Å². The van der Waals surface area contributed by atoms with Gasteiger partial charge in [0.1, 0.15) is 61.7 Å². The predicted octanol–water partition coefficient (Wildman–Crippen LogP) is 8.26. The Morgan fingerprint density at radius 3 is 2.46 bits per heavy atom. The van der Waals surface area contributed by atoms with Crippen LogP contribution in [-0.4, -0.2) is 94.9 Å². The van der Waals surface area contributed by atoms with Crippen molar-refractivity contribution in [1.82, 2.24) is 19.9 Å². The Bertz CT molecular complexity index is 2120. The second kappa shape index (κ2) is 14.6. The van der Waals surface area contributed by atoms with Crippen molar-refractivity contribution in [2.75, 3.05) is 37.7 Å². The summed E-state index contributed by atoms with van der Waals surface area (Å²) in [5.41, 5.74) is 3.82. The lowest BCUT2D eigenvalue weighted by Crippen LogP contribution is -2.45. The number of pyridine rings is 1. The highest BCUT2D eigenvalue weighted by Crippen LogP contribution is 2.43. The van der Waals surface area contributed by atoms with Gasteiger partial charge in [0.2, 0.25) is 0 Å². The van der Waals surface area contributed by atoms with E-state index < -0.39 is 43.7 Å². The first-order valence-electron chi connectivity index (χ1n) is 19.1. The Hall–Kier alpha value is -3.99. The molecule has 2 aromatic heterocycles. The summed E-state index contributed by atoms with van der Waals surface area (Å²) < 4.78 is 68.3. The number of halogens is 4. The Balaban J connectivity index is 1.40. The minimum absolute atomic E-state index is 0.0338. The van der Waals surface area contributed by atoms with Gasteiger partial charge in [-0.05, 0) is 66.0 Å². The van der Waals surface area contributed by atoms with Crippen LogP contribution in [0.25, 0.3) is 32.9 Å². The lowest BCUT2D eigenvalue weighted by Gasteiger charge is -2.38. The van der Waals surface area contributed by atoms with Crippen molar-refractivity contribution in [3.8, 4) is 34.5 Å². The molecule has 7 rings (SSSR count). The maximum Gasteiger partial charge on any atom is 0.319 e. The van der Waals surface area contributed by atoms with Crippen molar-refractivity contribution in [1.29, 1.82) is 0 Å². The molecule has 8 nitrogen and oxygen atoms in total. The zero-order valence-electron chi connectivity index (χ0n) is 31.8. The van der Waals surface area contributed by atoms with Crippen LogP contribution in [-0.2, 0) is 0 Å². The number of aliphatic hydroxyl groups excluding tert-OH is 1. The molecule has 2 N–H and O–H groups in total. The Morgan fingerprint density at radius 1 is 1.02 bits per heavy atom. The van der Waals surface area contributed by atoms with Crippen LogP contribution < -0.4 is 9.64 Å². The van der Waals surface area contributed by atoms with E-state index in [0.717, 1.165) is 19.4 Å². The molecule has 0 unspecified atom stereocenters. The van der Waals surface area contributed by atoms with Gasteiger partial charge in [-0.15, -0.1) is 5.54 Å². The molecule has 54 heavy (non-hydrogen) atoms. The van der Waals surface area contributed by atoms with E-state index in [1.165, 1.54) is 30.5 Å². The maximum atomic E-state index is 17.2. The summed E-state index contributed by atoms with van der Waals surface area (Å²) in [6, 6.07) is 5.53. The number of ether oxygens (including phenoxy) is 1. The van der Waals surface area contributed by atoms with Gasteiger partial charge in [-0.2, -0.15) is 9.97 Å². The minimum Gasteiger partial charge on any atom is -0.508 e. The lowest BCUT2D eigenvalue weighted by atomic mass is 9.95. The van der Waals surface area contributed by atoms with E-state index in [9.17, 15) is 19.0 Å². The molecular weight excluding hydrogens is 715 g/mol. The van der Waals surface area contributed by atoms with Crippen LogP contribution in [0.1, 0.15) is 72.8 Å². The lowest BCUT2D eigenvalue weighted by molar-refractivity contribution is 0.0642. The molecule has 5 heterocycles. The molecule has 288 valence electrons. The minimum atomic E-state index is -2.31. The van der Waals surface area contributed by atoms with Gasteiger partial charge >= 0.3 is 6.01 Å². The SMILES string of the molecule is CC(C)[Si](C#Cc1c(F)ccc2cc(O)cc(-c3ncc4c(N5CC[C@@H](F)[C@H](O)C5)nc(OC[C@@]56CCCN5C[C@H](F)C6)nc4c3F)c12)(C(C)C)C(C)C. The van der Waals surface area contributed by atoms with E-state index in [1.54, 1.807) is 4.90 Å². The van der Waals surface area contributed by atoms with Gasteiger partial charge in [0.25, 0.3) is 0 Å². The number of β-amino-alcohol motifs (C(OH)–C–C–N with tert-alkyl or cyclic N) is 1. The fourth-order valence-electron chi connectivity index (χ4n) is 9.60. The van der Waals surface area contributed by atoms with E-state index in [2.05, 4.69) is 72.9 Å². The number of aliphatic hydroxyl groups is 1. The second-order valence-corrected chi connectivity index (χ2v) is 21.9. The largest absolute Gasteiger partial charge is 0.508 e. The molecule has 0 amide bonds. The number of benzene rings is 2. The molecule has 0 aliphatic carbocycles. The molecule has 4 aromatic rings. The van der Waals surface area contributed by atoms with E-state index >= 15 is 8.78 Å². The third-order valence-electron chi connectivity index (χ3n) is 12.3. The number of phenolic OH excluding ortho intramolecular Hbond substituents is 1. The normalized spacial score (nSPS) is 23.5. The zero-order chi connectivity index (χ0) is 38.7. The molecule has 2 aromatic carbocycles. The van der Waals surface area contributed by atoms with Gasteiger partial charge in [-0.1, -0.05) is 53.5 Å². The molecule has 0 radical (unpaired) electrons. The molecule has 4 atom stereocenters. The standard InChI is InChI=1S/C41H49F4N5O3Si/c1-23(2)54(24(3)4,25(5)6)15-11-29-32(43)9-8-26-16-28(51)17-30(35(26)29)37-36(45)38-31(19-46-37)39(49-14-10-33(44)34(52)21-49)48-40(47-38)53-22-41-12-7-13-50(41)20-27(42)18-41/h8-9,16-17,19,23-25,27,33-34,51-52H,7,10,12-14,18,20-22H2,1-6H3/t27-,33-,34-,41+/m1/s1. The molecule has 0 saturated carbocycles. The summed E-state index contributed by atoms with van der Waals surface area (Å²) in [6.45, 7) is 14.3. The maximum absolute atomic E-state index is 17.2. The summed E-state index contributed by atoms with van der Waals surface area (Å²) in [4.78, 5) is 17.4. The number of aromatic hydroxyl groups is 1.